The zero-order valence-electron chi connectivity index (χ0n) is 18.0. The van der Waals surface area contributed by atoms with E-state index in [0.29, 0.717) is 27.4 Å². The van der Waals surface area contributed by atoms with Gasteiger partial charge in [-0.3, -0.25) is 19.3 Å². The van der Waals surface area contributed by atoms with Crippen LogP contribution in [0.5, 0.6) is 5.75 Å². The van der Waals surface area contributed by atoms with E-state index in [1.807, 2.05) is 0 Å². The van der Waals surface area contributed by atoms with E-state index in [9.17, 15) is 19.5 Å². The second kappa shape index (κ2) is 9.30. The maximum Gasteiger partial charge on any atom is 0.309 e. The number of rotatable bonds is 7. The average Bonchev–Trinajstić information content (AvgIpc) is 3.47. The van der Waals surface area contributed by atoms with Crippen molar-refractivity contribution in [2.24, 2.45) is 0 Å². The van der Waals surface area contributed by atoms with Gasteiger partial charge in [0.25, 0.3) is 5.91 Å². The van der Waals surface area contributed by atoms with Gasteiger partial charge in [-0.05, 0) is 46.8 Å². The molecular weight excluding hydrogens is 442 g/mol. The summed E-state index contributed by atoms with van der Waals surface area (Å²) in [5.41, 5.74) is 1.81. The van der Waals surface area contributed by atoms with Gasteiger partial charge in [0, 0.05) is 5.69 Å². The summed E-state index contributed by atoms with van der Waals surface area (Å²) in [6.07, 6.45) is 0.0929. The molecule has 4 rings (SSSR count). The first-order valence-corrected chi connectivity index (χ1v) is 11.0. The van der Waals surface area contributed by atoms with Crippen molar-refractivity contribution in [3.8, 4) is 5.75 Å². The fourth-order valence-corrected chi connectivity index (χ4v) is 4.46. The molecule has 168 valence electrons. The smallest absolute Gasteiger partial charge is 0.309 e. The number of anilines is 1. The minimum atomic E-state index is -0.853. The SMILES string of the molecule is COC(=O)Cc1ccc(N2C(=O)C(O)=C(C(=O)c3cccs3)C2c2cccc(OC)c2)cc1. The van der Waals surface area contributed by atoms with Crippen LogP contribution in [0.15, 0.2) is 77.4 Å². The van der Waals surface area contributed by atoms with Gasteiger partial charge in [-0.2, -0.15) is 0 Å². The van der Waals surface area contributed by atoms with Crippen LogP contribution in [0.25, 0.3) is 0 Å². The molecule has 1 aliphatic rings. The van der Waals surface area contributed by atoms with Gasteiger partial charge in [0.1, 0.15) is 5.75 Å². The van der Waals surface area contributed by atoms with Crippen molar-refractivity contribution in [3.05, 3.63) is 93.4 Å². The maximum absolute atomic E-state index is 13.3. The largest absolute Gasteiger partial charge is 0.503 e. The lowest BCUT2D eigenvalue weighted by Gasteiger charge is -2.27. The number of amides is 1. The van der Waals surface area contributed by atoms with Gasteiger partial charge in [-0.1, -0.05) is 30.3 Å². The molecule has 3 aromatic rings. The molecule has 8 heteroatoms. The summed E-state index contributed by atoms with van der Waals surface area (Å²) in [5, 5.41) is 12.6. The number of carbonyl (C=O) groups is 3. The third-order valence-corrected chi connectivity index (χ3v) is 6.27. The van der Waals surface area contributed by atoms with E-state index < -0.39 is 23.5 Å². The third kappa shape index (κ3) is 4.25. The summed E-state index contributed by atoms with van der Waals surface area (Å²) in [7, 11) is 2.85. The summed E-state index contributed by atoms with van der Waals surface area (Å²) in [6, 6.07) is 16.3. The van der Waals surface area contributed by atoms with Crippen molar-refractivity contribution in [1.82, 2.24) is 0 Å². The molecule has 1 amide bonds. The van der Waals surface area contributed by atoms with Crippen LogP contribution in [0.4, 0.5) is 5.69 Å². The van der Waals surface area contributed by atoms with Crippen molar-refractivity contribution in [1.29, 1.82) is 0 Å². The van der Waals surface area contributed by atoms with Crippen LogP contribution in [0.2, 0.25) is 0 Å². The number of methoxy groups -OCH3 is 2. The van der Waals surface area contributed by atoms with Crippen LogP contribution in [-0.2, 0) is 20.7 Å². The first-order chi connectivity index (χ1) is 15.9. The highest BCUT2D eigenvalue weighted by Crippen LogP contribution is 2.43. The van der Waals surface area contributed by atoms with Crippen molar-refractivity contribution in [2.45, 2.75) is 12.5 Å². The quantitative estimate of drug-likeness (QED) is 0.416. The van der Waals surface area contributed by atoms with E-state index in [1.54, 1.807) is 66.0 Å². The lowest BCUT2D eigenvalue weighted by molar-refractivity contribution is -0.139. The van der Waals surface area contributed by atoms with Crippen LogP contribution in [0, 0.1) is 0 Å². The minimum Gasteiger partial charge on any atom is -0.503 e. The summed E-state index contributed by atoms with van der Waals surface area (Å²) in [5.74, 6) is -1.49. The molecule has 2 aromatic carbocycles. The van der Waals surface area contributed by atoms with Crippen LogP contribution < -0.4 is 9.64 Å². The maximum atomic E-state index is 13.3. The Labute approximate surface area is 194 Å². The summed E-state index contributed by atoms with van der Waals surface area (Å²) < 4.78 is 10.0. The molecule has 1 aromatic heterocycles. The lowest BCUT2D eigenvalue weighted by Crippen LogP contribution is -2.31. The van der Waals surface area contributed by atoms with Gasteiger partial charge in [-0.25, -0.2) is 0 Å². The van der Waals surface area contributed by atoms with Gasteiger partial charge in [0.05, 0.1) is 37.1 Å². The molecule has 0 spiro atoms. The number of Topliss-reactive ketones (excluding diaryl/α,β-unsaturated/α-hetero) is 1. The van der Waals surface area contributed by atoms with Gasteiger partial charge in [0.2, 0.25) is 5.78 Å². The Bertz CT molecular complexity index is 1230. The Morgan fingerprint density at radius 2 is 1.82 bits per heavy atom. The highest BCUT2D eigenvalue weighted by atomic mass is 32.1. The van der Waals surface area contributed by atoms with Crippen molar-refractivity contribution < 1.29 is 29.0 Å². The van der Waals surface area contributed by atoms with Gasteiger partial charge in [-0.15, -0.1) is 11.3 Å². The highest BCUT2D eigenvalue weighted by molar-refractivity contribution is 7.12. The summed E-state index contributed by atoms with van der Waals surface area (Å²) >= 11 is 1.24. The number of ether oxygens (including phenoxy) is 2. The van der Waals surface area contributed by atoms with E-state index in [2.05, 4.69) is 0 Å². The second-order valence-electron chi connectivity index (χ2n) is 7.34. The number of aliphatic hydroxyl groups excluding tert-OH is 1. The van der Waals surface area contributed by atoms with Gasteiger partial charge in [0.15, 0.2) is 5.76 Å². The predicted molar refractivity (Wildman–Crippen MR) is 124 cm³/mol. The van der Waals surface area contributed by atoms with E-state index >= 15 is 0 Å². The van der Waals surface area contributed by atoms with E-state index in [1.165, 1.54) is 30.5 Å². The highest BCUT2D eigenvalue weighted by Gasteiger charge is 2.45. The molecule has 0 saturated heterocycles. The summed E-state index contributed by atoms with van der Waals surface area (Å²) in [4.78, 5) is 39.9. The Balaban J connectivity index is 1.79. The molecule has 2 heterocycles. The molecule has 33 heavy (non-hydrogen) atoms. The Morgan fingerprint density at radius 3 is 2.45 bits per heavy atom. The molecule has 0 fully saturated rings. The second-order valence-corrected chi connectivity index (χ2v) is 8.29. The number of esters is 1. The van der Waals surface area contributed by atoms with Crippen LogP contribution >= 0.6 is 11.3 Å². The molecule has 0 saturated carbocycles. The molecule has 0 bridgehead atoms. The zero-order valence-corrected chi connectivity index (χ0v) is 18.8. The molecule has 7 nitrogen and oxygen atoms in total. The van der Waals surface area contributed by atoms with Crippen molar-refractivity contribution >= 4 is 34.7 Å². The number of hydrogen-bond donors (Lipinski definition) is 1. The standard InChI is InChI=1S/C25H21NO6S/c1-31-18-6-3-5-16(14-18)22-21(23(28)19-7-4-12-33-19)24(29)25(30)26(22)17-10-8-15(9-11-17)13-20(27)32-2/h3-12,14,22,29H,13H2,1-2H3. The lowest BCUT2D eigenvalue weighted by atomic mass is 9.95. The van der Waals surface area contributed by atoms with Crippen molar-refractivity contribution in [3.63, 3.8) is 0 Å². The number of thiophene rings is 1. The number of ketones is 1. The van der Waals surface area contributed by atoms with Crippen LogP contribution in [0.1, 0.15) is 26.8 Å². The van der Waals surface area contributed by atoms with Gasteiger partial charge < -0.3 is 14.6 Å². The average molecular weight is 464 g/mol. The topological polar surface area (TPSA) is 93.1 Å². The molecule has 0 aliphatic carbocycles. The molecule has 1 N–H and O–H groups in total. The first-order valence-electron chi connectivity index (χ1n) is 10.1. The molecule has 1 atom stereocenters. The molecule has 1 aliphatic heterocycles. The third-order valence-electron chi connectivity index (χ3n) is 5.40. The number of hydrogen-bond acceptors (Lipinski definition) is 7. The normalized spacial score (nSPS) is 15.6. The van der Waals surface area contributed by atoms with Crippen LogP contribution in [0.3, 0.4) is 0 Å². The molecule has 0 radical (unpaired) electrons. The van der Waals surface area contributed by atoms with E-state index in [0.717, 1.165) is 0 Å². The fraction of sp³-hybridized carbons (Fsp3) is 0.160. The number of nitrogens with zero attached hydrogens (tertiary/aromatic N) is 1. The minimum absolute atomic E-state index is 0.00865. The number of aliphatic hydroxyl groups is 1. The van der Waals surface area contributed by atoms with Crippen LogP contribution in [-0.4, -0.2) is 37.0 Å². The van der Waals surface area contributed by atoms with E-state index in [4.69, 9.17) is 9.47 Å². The van der Waals surface area contributed by atoms with Gasteiger partial charge >= 0.3 is 5.97 Å². The zero-order chi connectivity index (χ0) is 23.5. The summed E-state index contributed by atoms with van der Waals surface area (Å²) in [6.45, 7) is 0. The number of benzene rings is 2. The monoisotopic (exact) mass is 463 g/mol. The number of carbonyl (C=O) groups excluding carboxylic acids is 3. The Morgan fingerprint density at radius 1 is 1.06 bits per heavy atom. The fourth-order valence-electron chi connectivity index (χ4n) is 3.78. The predicted octanol–water partition coefficient (Wildman–Crippen LogP) is 4.26. The first kappa shape index (κ1) is 22.3. The van der Waals surface area contributed by atoms with E-state index in [-0.39, 0.29) is 18.0 Å². The molecule has 1 unspecified atom stereocenters. The Kier molecular flexibility index (Phi) is 6.28. The molecular formula is C25H21NO6S. The Hall–Kier alpha value is -3.91. The van der Waals surface area contributed by atoms with Crippen molar-refractivity contribution in [2.75, 3.05) is 19.1 Å².